The summed E-state index contributed by atoms with van der Waals surface area (Å²) in [6, 6.07) is 9.07. The van der Waals surface area contributed by atoms with E-state index in [1.807, 2.05) is 32.0 Å². The van der Waals surface area contributed by atoms with Crippen LogP contribution in [-0.4, -0.2) is 20.9 Å². The van der Waals surface area contributed by atoms with Gasteiger partial charge in [0.25, 0.3) is 0 Å². The number of hydrogen-bond donors (Lipinski definition) is 2. The van der Waals surface area contributed by atoms with E-state index in [2.05, 4.69) is 10.0 Å². The molecule has 24 heavy (non-hydrogen) atoms. The highest BCUT2D eigenvalue weighted by molar-refractivity contribution is 7.89. The summed E-state index contributed by atoms with van der Waals surface area (Å²) in [7, 11) is -3.88. The summed E-state index contributed by atoms with van der Waals surface area (Å²) in [4.78, 5) is 11.9. The fourth-order valence-electron chi connectivity index (χ4n) is 2.09. The number of benzene rings is 2. The highest BCUT2D eigenvalue weighted by Gasteiger charge is 2.17. The number of rotatable bonds is 5. The van der Waals surface area contributed by atoms with Crippen LogP contribution in [-0.2, 0) is 14.8 Å². The number of nitrogens with one attached hydrogen (secondary N) is 2. The van der Waals surface area contributed by atoms with Crippen molar-refractivity contribution in [2.45, 2.75) is 25.7 Å². The maximum absolute atomic E-state index is 13.2. The number of sulfonamides is 1. The standard InChI is InChI=1S/C17H19FN2O3S/c1-11-4-5-12(2)16(8-11)20-17(21)10-19-24(22,23)14-6-7-15(18)13(3)9-14/h4-9,19H,10H2,1-3H3,(H,20,21). The van der Waals surface area contributed by atoms with Crippen LogP contribution in [0, 0.1) is 26.6 Å². The van der Waals surface area contributed by atoms with Gasteiger partial charge in [-0.05, 0) is 61.7 Å². The lowest BCUT2D eigenvalue weighted by atomic mass is 10.1. The Hall–Kier alpha value is -2.25. The molecule has 5 nitrogen and oxygen atoms in total. The molecule has 0 saturated carbocycles. The average molecular weight is 350 g/mol. The Balaban J connectivity index is 2.04. The van der Waals surface area contributed by atoms with Crippen LogP contribution in [0.25, 0.3) is 0 Å². The van der Waals surface area contributed by atoms with Crippen molar-refractivity contribution in [3.05, 3.63) is 58.9 Å². The molecule has 2 aromatic carbocycles. The first-order valence-corrected chi connectivity index (χ1v) is 8.80. The number of carbonyl (C=O) groups excluding carboxylic acids is 1. The lowest BCUT2D eigenvalue weighted by molar-refractivity contribution is -0.115. The van der Waals surface area contributed by atoms with Crippen LogP contribution < -0.4 is 10.0 Å². The molecule has 0 fully saturated rings. The van der Waals surface area contributed by atoms with Gasteiger partial charge in [0, 0.05) is 5.69 Å². The van der Waals surface area contributed by atoms with Gasteiger partial charge in [-0.15, -0.1) is 0 Å². The van der Waals surface area contributed by atoms with E-state index in [0.717, 1.165) is 23.3 Å². The molecule has 0 spiro atoms. The second-order valence-electron chi connectivity index (χ2n) is 5.60. The van der Waals surface area contributed by atoms with E-state index in [0.29, 0.717) is 5.69 Å². The zero-order valence-electron chi connectivity index (χ0n) is 13.7. The zero-order valence-corrected chi connectivity index (χ0v) is 14.5. The molecule has 0 aliphatic carbocycles. The summed E-state index contributed by atoms with van der Waals surface area (Å²) in [6.07, 6.45) is 0. The number of amides is 1. The number of halogens is 1. The predicted octanol–water partition coefficient (Wildman–Crippen LogP) is 2.67. The second kappa shape index (κ2) is 7.11. The summed E-state index contributed by atoms with van der Waals surface area (Å²) in [6.45, 7) is 4.81. The minimum atomic E-state index is -3.88. The van der Waals surface area contributed by atoms with Crippen LogP contribution in [0.1, 0.15) is 16.7 Å². The van der Waals surface area contributed by atoms with Crippen LogP contribution >= 0.6 is 0 Å². The van der Waals surface area contributed by atoms with Gasteiger partial charge < -0.3 is 5.32 Å². The van der Waals surface area contributed by atoms with Crippen molar-refractivity contribution in [3.8, 4) is 0 Å². The normalized spacial score (nSPS) is 11.3. The topological polar surface area (TPSA) is 75.3 Å². The molecule has 0 aliphatic rings. The number of anilines is 1. The van der Waals surface area contributed by atoms with Gasteiger partial charge in [0.05, 0.1) is 11.4 Å². The van der Waals surface area contributed by atoms with Crippen molar-refractivity contribution in [1.29, 1.82) is 0 Å². The van der Waals surface area contributed by atoms with E-state index >= 15 is 0 Å². The molecule has 0 radical (unpaired) electrons. The van der Waals surface area contributed by atoms with E-state index in [1.165, 1.54) is 13.0 Å². The first-order chi connectivity index (χ1) is 11.2. The highest BCUT2D eigenvalue weighted by Crippen LogP contribution is 2.16. The number of aryl methyl sites for hydroxylation is 3. The molecular weight excluding hydrogens is 331 g/mol. The number of carbonyl (C=O) groups is 1. The van der Waals surface area contributed by atoms with Gasteiger partial charge in [0.1, 0.15) is 5.82 Å². The summed E-state index contributed by atoms with van der Waals surface area (Å²) in [5.41, 5.74) is 2.72. The van der Waals surface area contributed by atoms with Crippen LogP contribution in [0.3, 0.4) is 0 Å². The molecule has 1 amide bonds. The maximum Gasteiger partial charge on any atom is 0.241 e. The molecule has 2 rings (SSSR count). The van der Waals surface area contributed by atoms with Crippen molar-refractivity contribution in [2.24, 2.45) is 0 Å². The van der Waals surface area contributed by atoms with Gasteiger partial charge in [-0.2, -0.15) is 0 Å². The van der Waals surface area contributed by atoms with Gasteiger partial charge in [0.15, 0.2) is 0 Å². The molecule has 0 bridgehead atoms. The number of hydrogen-bond acceptors (Lipinski definition) is 3. The summed E-state index contributed by atoms with van der Waals surface area (Å²) < 4.78 is 39.8. The minimum absolute atomic E-state index is 0.0825. The Morgan fingerprint density at radius 3 is 2.42 bits per heavy atom. The smallest absolute Gasteiger partial charge is 0.241 e. The second-order valence-corrected chi connectivity index (χ2v) is 7.37. The van der Waals surface area contributed by atoms with E-state index in [4.69, 9.17) is 0 Å². The average Bonchev–Trinajstić information content (AvgIpc) is 2.51. The van der Waals surface area contributed by atoms with Gasteiger partial charge >= 0.3 is 0 Å². The molecule has 128 valence electrons. The van der Waals surface area contributed by atoms with Crippen LogP contribution in [0.5, 0.6) is 0 Å². The minimum Gasteiger partial charge on any atom is -0.325 e. The molecule has 2 aromatic rings. The molecule has 0 aromatic heterocycles. The summed E-state index contributed by atoms with van der Waals surface area (Å²) in [5, 5.41) is 2.67. The Morgan fingerprint density at radius 2 is 1.75 bits per heavy atom. The molecule has 0 aliphatic heterocycles. The lowest BCUT2D eigenvalue weighted by Crippen LogP contribution is -2.33. The molecule has 2 N–H and O–H groups in total. The van der Waals surface area contributed by atoms with E-state index in [1.54, 1.807) is 0 Å². The Kier molecular flexibility index (Phi) is 5.36. The third-order valence-electron chi connectivity index (χ3n) is 3.53. The summed E-state index contributed by atoms with van der Waals surface area (Å²) >= 11 is 0. The largest absolute Gasteiger partial charge is 0.325 e. The van der Waals surface area contributed by atoms with Crippen LogP contribution in [0.15, 0.2) is 41.3 Å². The maximum atomic E-state index is 13.2. The fraction of sp³-hybridized carbons (Fsp3) is 0.235. The quantitative estimate of drug-likeness (QED) is 0.870. The fourth-order valence-corrected chi connectivity index (χ4v) is 3.16. The van der Waals surface area contributed by atoms with Gasteiger partial charge in [-0.25, -0.2) is 17.5 Å². The zero-order chi connectivity index (χ0) is 17.9. The van der Waals surface area contributed by atoms with Crippen molar-refractivity contribution in [3.63, 3.8) is 0 Å². The molecular formula is C17H19FN2O3S. The SMILES string of the molecule is Cc1ccc(C)c(NC(=O)CNS(=O)(=O)c2ccc(F)c(C)c2)c1. The Bertz CT molecular complexity index is 879. The summed E-state index contributed by atoms with van der Waals surface area (Å²) in [5.74, 6) is -0.965. The van der Waals surface area contributed by atoms with Crippen molar-refractivity contribution in [2.75, 3.05) is 11.9 Å². The Morgan fingerprint density at radius 1 is 1.04 bits per heavy atom. The molecule has 0 saturated heterocycles. The third kappa shape index (κ3) is 4.39. The lowest BCUT2D eigenvalue weighted by Gasteiger charge is -2.11. The predicted molar refractivity (Wildman–Crippen MR) is 90.9 cm³/mol. The van der Waals surface area contributed by atoms with E-state index < -0.39 is 28.3 Å². The Labute approximate surface area is 141 Å². The van der Waals surface area contributed by atoms with Crippen LogP contribution in [0.4, 0.5) is 10.1 Å². The highest BCUT2D eigenvalue weighted by atomic mass is 32.2. The first kappa shape index (κ1) is 18.1. The van der Waals surface area contributed by atoms with Crippen LogP contribution in [0.2, 0.25) is 0 Å². The van der Waals surface area contributed by atoms with Crippen molar-refractivity contribution in [1.82, 2.24) is 4.72 Å². The first-order valence-electron chi connectivity index (χ1n) is 7.32. The monoisotopic (exact) mass is 350 g/mol. The van der Waals surface area contributed by atoms with Crippen molar-refractivity contribution < 1.29 is 17.6 Å². The molecule has 0 unspecified atom stereocenters. The van der Waals surface area contributed by atoms with Crippen molar-refractivity contribution >= 4 is 21.6 Å². The molecule has 7 heteroatoms. The molecule has 0 atom stereocenters. The molecule has 0 heterocycles. The van der Waals surface area contributed by atoms with Gasteiger partial charge in [0.2, 0.25) is 15.9 Å². The van der Waals surface area contributed by atoms with Gasteiger partial charge in [-0.3, -0.25) is 4.79 Å². The van der Waals surface area contributed by atoms with E-state index in [-0.39, 0.29) is 10.5 Å². The third-order valence-corrected chi connectivity index (χ3v) is 4.93. The van der Waals surface area contributed by atoms with E-state index in [9.17, 15) is 17.6 Å². The van der Waals surface area contributed by atoms with Gasteiger partial charge in [-0.1, -0.05) is 12.1 Å².